The zero-order valence-corrected chi connectivity index (χ0v) is 11.3. The Morgan fingerprint density at radius 1 is 1.29 bits per heavy atom. The van der Waals surface area contributed by atoms with E-state index in [0.717, 1.165) is 12.8 Å². The molecule has 0 spiro atoms. The van der Waals surface area contributed by atoms with Crippen LogP contribution in [0.1, 0.15) is 52.9 Å². The summed E-state index contributed by atoms with van der Waals surface area (Å²) in [6, 6.07) is 0.215. The molecule has 0 aromatic rings. The molecule has 1 aliphatic carbocycles. The highest BCUT2D eigenvalue weighted by molar-refractivity contribution is 5.67. The average molecular weight is 242 g/mol. The minimum Gasteiger partial charge on any atom is -0.444 e. The Morgan fingerprint density at radius 3 is 2.59 bits per heavy atom. The van der Waals surface area contributed by atoms with Crippen molar-refractivity contribution in [2.45, 2.75) is 64.5 Å². The molecule has 0 unspecified atom stereocenters. The van der Waals surface area contributed by atoms with E-state index in [1.165, 1.54) is 19.3 Å². The molecule has 3 N–H and O–H groups in total. The van der Waals surface area contributed by atoms with Crippen molar-refractivity contribution in [2.75, 3.05) is 6.54 Å². The Morgan fingerprint density at radius 2 is 1.94 bits per heavy atom. The van der Waals surface area contributed by atoms with Crippen LogP contribution in [0.15, 0.2) is 0 Å². The quantitative estimate of drug-likeness (QED) is 0.731. The van der Waals surface area contributed by atoms with Crippen LogP contribution < -0.4 is 11.1 Å². The van der Waals surface area contributed by atoms with Crippen LogP contribution in [0.3, 0.4) is 0 Å². The summed E-state index contributed by atoms with van der Waals surface area (Å²) in [5.41, 5.74) is 5.67. The molecule has 1 aliphatic rings. The van der Waals surface area contributed by atoms with E-state index in [4.69, 9.17) is 10.5 Å². The third kappa shape index (κ3) is 5.91. The van der Waals surface area contributed by atoms with Gasteiger partial charge in [0.25, 0.3) is 0 Å². The number of nitrogens with two attached hydrogens (primary N) is 1. The lowest BCUT2D eigenvalue weighted by Gasteiger charge is -2.24. The summed E-state index contributed by atoms with van der Waals surface area (Å²) in [5, 5.41) is 2.83. The summed E-state index contributed by atoms with van der Waals surface area (Å²) >= 11 is 0. The fourth-order valence-corrected chi connectivity index (χ4v) is 2.20. The van der Waals surface area contributed by atoms with Gasteiger partial charge in [0.05, 0.1) is 0 Å². The Kier molecular flexibility index (Phi) is 5.25. The number of amides is 1. The van der Waals surface area contributed by atoms with Gasteiger partial charge in [0, 0.05) is 12.6 Å². The van der Waals surface area contributed by atoms with Gasteiger partial charge in [0.2, 0.25) is 0 Å². The number of ether oxygens (including phenoxy) is 1. The van der Waals surface area contributed by atoms with Crippen LogP contribution in [0.25, 0.3) is 0 Å². The Bertz CT molecular complexity index is 248. The van der Waals surface area contributed by atoms with Gasteiger partial charge in [-0.2, -0.15) is 0 Å². The number of rotatable bonds is 2. The molecular weight excluding hydrogens is 216 g/mol. The Hall–Kier alpha value is -0.770. The second-order valence-corrected chi connectivity index (χ2v) is 5.94. The molecule has 0 bridgehead atoms. The number of carbonyl (C=O) groups excluding carboxylic acids is 1. The molecule has 0 heterocycles. The molecule has 0 aromatic carbocycles. The molecule has 1 amide bonds. The van der Waals surface area contributed by atoms with E-state index in [1.807, 2.05) is 20.8 Å². The standard InChI is InChI=1S/C13H26N2O2/c1-13(2,3)17-12(16)15-9-10-7-5-4-6-8-11(10)14/h10-11H,4-9,14H2,1-3H3,(H,15,16)/t10-,11-/m0/s1. The lowest BCUT2D eigenvalue weighted by Crippen LogP contribution is -2.40. The zero-order valence-electron chi connectivity index (χ0n) is 11.3. The highest BCUT2D eigenvalue weighted by atomic mass is 16.6. The molecule has 1 fully saturated rings. The van der Waals surface area contributed by atoms with E-state index in [0.29, 0.717) is 12.5 Å². The van der Waals surface area contributed by atoms with Crippen molar-refractivity contribution in [3.63, 3.8) is 0 Å². The first-order valence-electron chi connectivity index (χ1n) is 6.61. The third-order valence-electron chi connectivity index (χ3n) is 3.13. The summed E-state index contributed by atoms with van der Waals surface area (Å²) in [5.74, 6) is 0.394. The van der Waals surface area contributed by atoms with Crippen LogP contribution in [-0.2, 0) is 4.74 Å². The first-order chi connectivity index (χ1) is 7.88. The molecule has 2 atom stereocenters. The van der Waals surface area contributed by atoms with Crippen LogP contribution in [-0.4, -0.2) is 24.3 Å². The van der Waals surface area contributed by atoms with Crippen LogP contribution in [0.5, 0.6) is 0 Å². The van der Waals surface area contributed by atoms with E-state index in [-0.39, 0.29) is 12.1 Å². The number of alkyl carbamates (subject to hydrolysis) is 1. The summed E-state index contributed by atoms with van der Waals surface area (Å²) in [4.78, 5) is 11.5. The minimum atomic E-state index is -0.435. The molecular formula is C13H26N2O2. The predicted octanol–water partition coefficient (Wildman–Crippen LogP) is 2.42. The normalized spacial score (nSPS) is 26.1. The highest BCUT2D eigenvalue weighted by Crippen LogP contribution is 2.21. The van der Waals surface area contributed by atoms with Crippen LogP contribution in [0.2, 0.25) is 0 Å². The van der Waals surface area contributed by atoms with Crippen molar-refractivity contribution in [3.05, 3.63) is 0 Å². The second kappa shape index (κ2) is 6.24. The monoisotopic (exact) mass is 242 g/mol. The van der Waals surface area contributed by atoms with Crippen molar-refractivity contribution in [3.8, 4) is 0 Å². The lowest BCUT2D eigenvalue weighted by atomic mass is 9.96. The molecule has 4 heteroatoms. The average Bonchev–Trinajstić information content (AvgIpc) is 2.37. The highest BCUT2D eigenvalue weighted by Gasteiger charge is 2.22. The molecule has 0 aromatic heterocycles. The lowest BCUT2D eigenvalue weighted by molar-refractivity contribution is 0.0516. The number of hydrogen-bond acceptors (Lipinski definition) is 3. The number of hydrogen-bond donors (Lipinski definition) is 2. The maximum Gasteiger partial charge on any atom is 0.407 e. The maximum absolute atomic E-state index is 11.5. The van der Waals surface area contributed by atoms with E-state index in [9.17, 15) is 4.79 Å². The van der Waals surface area contributed by atoms with Crippen molar-refractivity contribution in [2.24, 2.45) is 11.7 Å². The summed E-state index contributed by atoms with van der Waals surface area (Å²) in [7, 11) is 0. The fourth-order valence-electron chi connectivity index (χ4n) is 2.20. The summed E-state index contributed by atoms with van der Waals surface area (Å²) in [6.07, 6.45) is 5.53. The maximum atomic E-state index is 11.5. The second-order valence-electron chi connectivity index (χ2n) is 5.94. The van der Waals surface area contributed by atoms with E-state index in [1.54, 1.807) is 0 Å². The summed E-state index contributed by atoms with van der Waals surface area (Å²) in [6.45, 7) is 6.23. The molecule has 0 saturated heterocycles. The first kappa shape index (κ1) is 14.3. The topological polar surface area (TPSA) is 64.3 Å². The predicted molar refractivity (Wildman–Crippen MR) is 68.8 cm³/mol. The molecule has 0 aliphatic heterocycles. The van der Waals surface area contributed by atoms with Gasteiger partial charge in [-0.3, -0.25) is 0 Å². The molecule has 1 rings (SSSR count). The van der Waals surface area contributed by atoms with E-state index < -0.39 is 5.60 Å². The van der Waals surface area contributed by atoms with Crippen molar-refractivity contribution < 1.29 is 9.53 Å². The van der Waals surface area contributed by atoms with E-state index in [2.05, 4.69) is 5.32 Å². The van der Waals surface area contributed by atoms with Crippen molar-refractivity contribution >= 4 is 6.09 Å². The van der Waals surface area contributed by atoms with Gasteiger partial charge in [-0.1, -0.05) is 19.3 Å². The molecule has 17 heavy (non-hydrogen) atoms. The van der Waals surface area contributed by atoms with E-state index >= 15 is 0 Å². The Labute approximate surface area is 104 Å². The smallest absolute Gasteiger partial charge is 0.407 e. The van der Waals surface area contributed by atoms with Gasteiger partial charge >= 0.3 is 6.09 Å². The fraction of sp³-hybridized carbons (Fsp3) is 0.923. The molecule has 4 nitrogen and oxygen atoms in total. The van der Waals surface area contributed by atoms with Gasteiger partial charge in [0.1, 0.15) is 5.60 Å². The minimum absolute atomic E-state index is 0.215. The van der Waals surface area contributed by atoms with Crippen LogP contribution in [0.4, 0.5) is 4.79 Å². The SMILES string of the molecule is CC(C)(C)OC(=O)NC[C@@H]1CCCCC[C@@H]1N. The number of carbonyl (C=O) groups is 1. The number of nitrogens with one attached hydrogen (secondary N) is 1. The van der Waals surface area contributed by atoms with Crippen LogP contribution >= 0.6 is 0 Å². The van der Waals surface area contributed by atoms with Gasteiger partial charge < -0.3 is 15.8 Å². The third-order valence-corrected chi connectivity index (χ3v) is 3.13. The first-order valence-corrected chi connectivity index (χ1v) is 6.61. The summed E-state index contributed by atoms with van der Waals surface area (Å²) < 4.78 is 5.20. The van der Waals surface area contributed by atoms with Crippen molar-refractivity contribution in [1.29, 1.82) is 0 Å². The zero-order chi connectivity index (χ0) is 12.9. The van der Waals surface area contributed by atoms with Crippen molar-refractivity contribution in [1.82, 2.24) is 5.32 Å². The van der Waals surface area contributed by atoms with Gasteiger partial charge in [-0.25, -0.2) is 4.79 Å². The van der Waals surface area contributed by atoms with Gasteiger partial charge in [-0.15, -0.1) is 0 Å². The Balaban J connectivity index is 2.31. The molecule has 1 saturated carbocycles. The molecule has 100 valence electrons. The van der Waals surface area contributed by atoms with Gasteiger partial charge in [-0.05, 0) is 39.5 Å². The molecule has 0 radical (unpaired) electrons. The largest absolute Gasteiger partial charge is 0.444 e. The van der Waals surface area contributed by atoms with Gasteiger partial charge in [0.15, 0.2) is 0 Å². The van der Waals surface area contributed by atoms with Crippen LogP contribution in [0, 0.1) is 5.92 Å².